The van der Waals surface area contributed by atoms with E-state index in [1.54, 1.807) is 6.07 Å². The maximum absolute atomic E-state index is 13.1. The lowest BCUT2D eigenvalue weighted by Gasteiger charge is -2.23. The van der Waals surface area contributed by atoms with Crippen molar-refractivity contribution in [3.8, 4) is 0 Å². The second kappa shape index (κ2) is 7.74. The summed E-state index contributed by atoms with van der Waals surface area (Å²) in [4.78, 5) is 12.2. The average molecular weight is 299 g/mol. The third kappa shape index (κ3) is 4.69. The van der Waals surface area contributed by atoms with Crippen molar-refractivity contribution in [1.82, 2.24) is 5.32 Å². The molecule has 3 heteroatoms. The van der Waals surface area contributed by atoms with Crippen LogP contribution in [0.1, 0.15) is 37.4 Å². The molecule has 0 aliphatic carbocycles. The van der Waals surface area contributed by atoms with Crippen LogP contribution in [-0.2, 0) is 11.2 Å². The molecule has 1 N–H and O–H groups in total. The number of rotatable bonds is 6. The lowest BCUT2D eigenvalue weighted by Crippen LogP contribution is -2.31. The van der Waals surface area contributed by atoms with Gasteiger partial charge in [-0.25, -0.2) is 4.39 Å². The Morgan fingerprint density at radius 2 is 1.82 bits per heavy atom. The third-order valence-electron chi connectivity index (χ3n) is 3.67. The topological polar surface area (TPSA) is 29.1 Å². The molecule has 0 aromatic heterocycles. The number of carbonyl (C=O) groups is 1. The van der Waals surface area contributed by atoms with Crippen LogP contribution in [0.2, 0.25) is 0 Å². The minimum absolute atomic E-state index is 0.00112. The van der Waals surface area contributed by atoms with Crippen LogP contribution >= 0.6 is 0 Å². The minimum atomic E-state index is -0.262. The van der Waals surface area contributed by atoms with E-state index in [1.165, 1.54) is 12.1 Å². The molecule has 0 saturated carbocycles. The van der Waals surface area contributed by atoms with E-state index in [0.717, 1.165) is 11.1 Å². The van der Waals surface area contributed by atoms with Gasteiger partial charge in [0.1, 0.15) is 5.82 Å². The van der Waals surface area contributed by atoms with E-state index in [9.17, 15) is 9.18 Å². The van der Waals surface area contributed by atoms with Crippen molar-refractivity contribution < 1.29 is 9.18 Å². The van der Waals surface area contributed by atoms with E-state index in [2.05, 4.69) is 19.2 Å². The zero-order valence-corrected chi connectivity index (χ0v) is 13.1. The zero-order chi connectivity index (χ0) is 15.9. The van der Waals surface area contributed by atoms with Gasteiger partial charge in [0.25, 0.3) is 0 Å². The Hall–Kier alpha value is -2.16. The Kier molecular flexibility index (Phi) is 5.70. The fraction of sp³-hybridized carbons (Fsp3) is 0.316. The molecule has 1 amide bonds. The van der Waals surface area contributed by atoms with Gasteiger partial charge >= 0.3 is 0 Å². The molecule has 2 aromatic carbocycles. The average Bonchev–Trinajstić information content (AvgIpc) is 2.51. The summed E-state index contributed by atoms with van der Waals surface area (Å²) < 4.78 is 13.1. The van der Waals surface area contributed by atoms with E-state index in [0.29, 0.717) is 18.8 Å². The molecule has 1 unspecified atom stereocenters. The molecular weight excluding hydrogens is 277 g/mol. The molecule has 0 saturated heterocycles. The molecule has 22 heavy (non-hydrogen) atoms. The molecule has 0 aliphatic heterocycles. The molecule has 0 radical (unpaired) electrons. The molecule has 116 valence electrons. The van der Waals surface area contributed by atoms with Crippen LogP contribution in [0, 0.1) is 11.7 Å². The quantitative estimate of drug-likeness (QED) is 0.848. The molecule has 2 rings (SSSR count). The normalized spacial score (nSPS) is 12.2. The van der Waals surface area contributed by atoms with Crippen molar-refractivity contribution in [2.45, 2.75) is 32.7 Å². The highest BCUT2D eigenvalue weighted by molar-refractivity contribution is 5.76. The van der Waals surface area contributed by atoms with Crippen LogP contribution in [0.25, 0.3) is 0 Å². The Morgan fingerprint density at radius 1 is 1.09 bits per heavy atom. The SMILES string of the molecule is CC(C)C(NC(=O)CCc1cccc(F)c1)c1ccccc1. The number of hydrogen-bond acceptors (Lipinski definition) is 1. The first kappa shape index (κ1) is 16.2. The Labute approximate surface area is 131 Å². The Bertz CT molecular complexity index is 610. The lowest BCUT2D eigenvalue weighted by molar-refractivity contribution is -0.122. The standard InChI is InChI=1S/C19H22FNO/c1-14(2)19(16-8-4-3-5-9-16)21-18(22)12-11-15-7-6-10-17(20)13-15/h3-10,13-14,19H,11-12H2,1-2H3,(H,21,22). The highest BCUT2D eigenvalue weighted by Crippen LogP contribution is 2.21. The summed E-state index contributed by atoms with van der Waals surface area (Å²) in [6.07, 6.45) is 0.905. The van der Waals surface area contributed by atoms with Crippen LogP contribution in [0.4, 0.5) is 4.39 Å². The van der Waals surface area contributed by atoms with E-state index in [-0.39, 0.29) is 17.8 Å². The molecule has 0 fully saturated rings. The fourth-order valence-electron chi connectivity index (χ4n) is 2.49. The van der Waals surface area contributed by atoms with Crippen molar-refractivity contribution in [2.75, 3.05) is 0 Å². The van der Waals surface area contributed by atoms with Gasteiger partial charge in [0.05, 0.1) is 6.04 Å². The van der Waals surface area contributed by atoms with E-state index < -0.39 is 0 Å². The van der Waals surface area contributed by atoms with Crippen LogP contribution in [0.3, 0.4) is 0 Å². The van der Waals surface area contributed by atoms with Crippen molar-refractivity contribution >= 4 is 5.91 Å². The van der Waals surface area contributed by atoms with Gasteiger partial charge in [0.15, 0.2) is 0 Å². The van der Waals surface area contributed by atoms with Gasteiger partial charge in [-0.2, -0.15) is 0 Å². The molecule has 2 nitrogen and oxygen atoms in total. The van der Waals surface area contributed by atoms with Gasteiger partial charge in [-0.05, 0) is 35.6 Å². The minimum Gasteiger partial charge on any atom is -0.349 e. The summed E-state index contributed by atoms with van der Waals surface area (Å²) in [5, 5.41) is 3.08. The van der Waals surface area contributed by atoms with Gasteiger partial charge in [-0.3, -0.25) is 4.79 Å². The number of benzene rings is 2. The van der Waals surface area contributed by atoms with Crippen molar-refractivity contribution in [3.63, 3.8) is 0 Å². The van der Waals surface area contributed by atoms with Gasteiger partial charge in [-0.1, -0.05) is 56.3 Å². The number of aryl methyl sites for hydroxylation is 1. The fourth-order valence-corrected chi connectivity index (χ4v) is 2.49. The van der Waals surface area contributed by atoms with Gasteiger partial charge in [0.2, 0.25) is 5.91 Å². The van der Waals surface area contributed by atoms with Crippen molar-refractivity contribution in [2.24, 2.45) is 5.92 Å². The number of carbonyl (C=O) groups excluding carboxylic acids is 1. The van der Waals surface area contributed by atoms with Crippen molar-refractivity contribution in [1.29, 1.82) is 0 Å². The molecule has 2 aromatic rings. The molecular formula is C19H22FNO. The molecule has 0 heterocycles. The zero-order valence-electron chi connectivity index (χ0n) is 13.1. The third-order valence-corrected chi connectivity index (χ3v) is 3.67. The molecule has 0 spiro atoms. The highest BCUT2D eigenvalue weighted by atomic mass is 19.1. The van der Waals surface area contributed by atoms with E-state index in [1.807, 2.05) is 36.4 Å². The maximum Gasteiger partial charge on any atom is 0.220 e. The number of nitrogens with one attached hydrogen (secondary N) is 1. The van der Waals surface area contributed by atoms with Crippen molar-refractivity contribution in [3.05, 3.63) is 71.5 Å². The maximum atomic E-state index is 13.1. The monoisotopic (exact) mass is 299 g/mol. The summed E-state index contributed by atoms with van der Waals surface area (Å²) in [5.41, 5.74) is 1.95. The smallest absolute Gasteiger partial charge is 0.220 e. The van der Waals surface area contributed by atoms with Crippen LogP contribution in [-0.4, -0.2) is 5.91 Å². The summed E-state index contributed by atoms with van der Waals surface area (Å²) in [5.74, 6) is 0.0367. The second-order valence-corrected chi connectivity index (χ2v) is 5.83. The lowest BCUT2D eigenvalue weighted by atomic mass is 9.96. The number of amides is 1. The predicted octanol–water partition coefficient (Wildman–Crippen LogP) is 4.27. The van der Waals surface area contributed by atoms with E-state index >= 15 is 0 Å². The number of hydrogen-bond donors (Lipinski definition) is 1. The predicted molar refractivity (Wildman–Crippen MR) is 86.9 cm³/mol. The summed E-state index contributed by atoms with van der Waals surface area (Å²) >= 11 is 0. The first-order chi connectivity index (χ1) is 10.6. The first-order valence-electron chi connectivity index (χ1n) is 7.65. The summed E-state index contributed by atoms with van der Waals surface area (Å²) in [6.45, 7) is 4.18. The number of halogens is 1. The van der Waals surface area contributed by atoms with E-state index in [4.69, 9.17) is 0 Å². The second-order valence-electron chi connectivity index (χ2n) is 5.83. The Morgan fingerprint density at radius 3 is 2.45 bits per heavy atom. The molecule has 1 atom stereocenters. The van der Waals surface area contributed by atoms with Crippen LogP contribution < -0.4 is 5.32 Å². The largest absolute Gasteiger partial charge is 0.349 e. The highest BCUT2D eigenvalue weighted by Gasteiger charge is 2.17. The van der Waals surface area contributed by atoms with Crippen LogP contribution in [0.5, 0.6) is 0 Å². The van der Waals surface area contributed by atoms with Crippen LogP contribution in [0.15, 0.2) is 54.6 Å². The van der Waals surface area contributed by atoms with Gasteiger partial charge in [0, 0.05) is 6.42 Å². The van der Waals surface area contributed by atoms with Gasteiger partial charge in [-0.15, -0.1) is 0 Å². The Balaban J connectivity index is 1.94. The molecule has 0 aliphatic rings. The van der Waals surface area contributed by atoms with Gasteiger partial charge < -0.3 is 5.32 Å². The first-order valence-corrected chi connectivity index (χ1v) is 7.65. The summed E-state index contributed by atoms with van der Waals surface area (Å²) in [7, 11) is 0. The molecule has 0 bridgehead atoms. The summed E-state index contributed by atoms with van der Waals surface area (Å²) in [6, 6.07) is 16.4.